The number of ether oxygens (including phenoxy) is 1. The van der Waals surface area contributed by atoms with Crippen LogP contribution in [0.15, 0.2) is 89.7 Å². The van der Waals surface area contributed by atoms with E-state index in [2.05, 4.69) is 5.10 Å². The van der Waals surface area contributed by atoms with E-state index in [0.29, 0.717) is 47.8 Å². The molecular weight excluding hydrogens is 414 g/mol. The maximum Gasteiger partial charge on any atom is 0.279 e. The number of rotatable bonds is 5. The van der Waals surface area contributed by atoms with Crippen molar-refractivity contribution in [3.8, 4) is 11.4 Å². The Morgan fingerprint density at radius 2 is 1.45 bits per heavy atom. The molecule has 1 aliphatic rings. The zero-order chi connectivity index (χ0) is 22.6. The molecule has 3 aromatic carbocycles. The van der Waals surface area contributed by atoms with Gasteiger partial charge >= 0.3 is 0 Å². The predicted octanol–water partition coefficient (Wildman–Crippen LogP) is 4.32. The van der Waals surface area contributed by atoms with E-state index in [-0.39, 0.29) is 11.5 Å². The van der Waals surface area contributed by atoms with Gasteiger partial charge in [0, 0.05) is 18.5 Å². The van der Waals surface area contributed by atoms with Gasteiger partial charge in [0.05, 0.1) is 17.7 Å². The van der Waals surface area contributed by atoms with E-state index < -0.39 is 0 Å². The topological polar surface area (TPSA) is 64.4 Å². The zero-order valence-electron chi connectivity index (χ0n) is 18.3. The lowest BCUT2D eigenvalue weighted by Gasteiger charge is -2.32. The van der Waals surface area contributed by atoms with E-state index in [4.69, 9.17) is 4.74 Å². The molecule has 0 aliphatic carbocycles. The third-order valence-corrected chi connectivity index (χ3v) is 6.14. The Morgan fingerprint density at radius 1 is 0.848 bits per heavy atom. The summed E-state index contributed by atoms with van der Waals surface area (Å²) < 4.78 is 7.24. The second kappa shape index (κ2) is 9.28. The van der Waals surface area contributed by atoms with Crippen LogP contribution < -0.4 is 10.3 Å². The summed E-state index contributed by atoms with van der Waals surface area (Å²) in [5.74, 6) is 1.13. The van der Waals surface area contributed by atoms with Crippen molar-refractivity contribution in [3.05, 3.63) is 101 Å². The van der Waals surface area contributed by atoms with Crippen molar-refractivity contribution in [2.24, 2.45) is 5.92 Å². The number of hydrogen-bond donors (Lipinski definition) is 0. The van der Waals surface area contributed by atoms with Crippen LogP contribution in [-0.4, -0.2) is 40.3 Å². The number of piperidine rings is 1. The molecule has 4 aromatic rings. The molecule has 166 valence electrons. The van der Waals surface area contributed by atoms with Crippen LogP contribution in [0, 0.1) is 5.92 Å². The third-order valence-electron chi connectivity index (χ3n) is 6.14. The number of hydrogen-bond acceptors (Lipinski definition) is 4. The quantitative estimate of drug-likeness (QED) is 0.465. The van der Waals surface area contributed by atoms with E-state index in [1.54, 1.807) is 12.1 Å². The van der Waals surface area contributed by atoms with Crippen molar-refractivity contribution in [2.45, 2.75) is 12.8 Å². The molecule has 1 amide bonds. The SMILES string of the molecule is O=C(c1nn(-c2ccccc2)c(=O)c2ccccc12)N1CCC(COc2ccccc2)CC1. The van der Waals surface area contributed by atoms with Gasteiger partial charge in [-0.3, -0.25) is 9.59 Å². The first-order chi connectivity index (χ1) is 16.2. The lowest BCUT2D eigenvalue weighted by molar-refractivity contribution is 0.0655. The fourth-order valence-corrected chi connectivity index (χ4v) is 4.27. The minimum absolute atomic E-state index is 0.140. The molecule has 0 bridgehead atoms. The molecule has 0 radical (unpaired) electrons. The summed E-state index contributed by atoms with van der Waals surface area (Å²) in [6, 6.07) is 26.2. The summed E-state index contributed by atoms with van der Waals surface area (Å²) >= 11 is 0. The summed E-state index contributed by atoms with van der Waals surface area (Å²) in [5.41, 5.74) is 0.720. The first-order valence-corrected chi connectivity index (χ1v) is 11.3. The van der Waals surface area contributed by atoms with Crippen LogP contribution in [0.4, 0.5) is 0 Å². The molecule has 0 unspecified atom stereocenters. The van der Waals surface area contributed by atoms with E-state index >= 15 is 0 Å². The maximum atomic E-state index is 13.5. The van der Waals surface area contributed by atoms with Crippen LogP contribution in [-0.2, 0) is 0 Å². The van der Waals surface area contributed by atoms with E-state index in [1.807, 2.05) is 77.7 Å². The monoisotopic (exact) mass is 439 g/mol. The number of carbonyl (C=O) groups excluding carboxylic acids is 1. The van der Waals surface area contributed by atoms with Crippen molar-refractivity contribution in [2.75, 3.05) is 19.7 Å². The Bertz CT molecular complexity index is 1310. The molecular formula is C27H25N3O3. The molecule has 1 saturated heterocycles. The first kappa shape index (κ1) is 20.9. The fourth-order valence-electron chi connectivity index (χ4n) is 4.27. The van der Waals surface area contributed by atoms with Gasteiger partial charge in [-0.25, -0.2) is 0 Å². The normalized spacial score (nSPS) is 14.4. The molecule has 6 nitrogen and oxygen atoms in total. The highest BCUT2D eigenvalue weighted by atomic mass is 16.5. The molecule has 2 heterocycles. The van der Waals surface area contributed by atoms with Crippen LogP contribution in [0.5, 0.6) is 5.75 Å². The summed E-state index contributed by atoms with van der Waals surface area (Å²) in [7, 11) is 0. The molecule has 1 fully saturated rings. The molecule has 1 aliphatic heterocycles. The Labute approximate surface area is 192 Å². The second-order valence-electron chi connectivity index (χ2n) is 8.31. The van der Waals surface area contributed by atoms with Crippen molar-refractivity contribution < 1.29 is 9.53 Å². The number of nitrogens with zero attached hydrogens (tertiary/aromatic N) is 3. The third kappa shape index (κ3) is 4.37. The second-order valence-corrected chi connectivity index (χ2v) is 8.31. The Morgan fingerprint density at radius 3 is 2.15 bits per heavy atom. The van der Waals surface area contributed by atoms with Gasteiger partial charge in [-0.15, -0.1) is 0 Å². The molecule has 0 N–H and O–H groups in total. The molecule has 33 heavy (non-hydrogen) atoms. The maximum absolute atomic E-state index is 13.5. The number of fused-ring (bicyclic) bond motifs is 1. The van der Waals surface area contributed by atoms with Crippen LogP contribution in [0.1, 0.15) is 23.3 Å². The van der Waals surface area contributed by atoms with E-state index in [1.165, 1.54) is 4.68 Å². The van der Waals surface area contributed by atoms with Gasteiger partial charge in [-0.1, -0.05) is 54.6 Å². The lowest BCUT2D eigenvalue weighted by Crippen LogP contribution is -2.41. The van der Waals surface area contributed by atoms with Crippen molar-refractivity contribution in [1.82, 2.24) is 14.7 Å². The van der Waals surface area contributed by atoms with Crippen LogP contribution in [0.3, 0.4) is 0 Å². The number of amides is 1. The van der Waals surface area contributed by atoms with Gasteiger partial charge in [0.2, 0.25) is 0 Å². The molecule has 0 saturated carbocycles. The van der Waals surface area contributed by atoms with Gasteiger partial charge in [0.25, 0.3) is 11.5 Å². The standard InChI is InChI=1S/C27H25N3O3/c31-26-24-14-8-7-13-23(24)25(28-30(26)21-9-3-1-4-10-21)27(32)29-17-15-20(16-18-29)19-33-22-11-5-2-6-12-22/h1-14,20H,15-19H2. The highest BCUT2D eigenvalue weighted by Crippen LogP contribution is 2.23. The summed E-state index contributed by atoms with van der Waals surface area (Å²) in [5, 5.41) is 5.61. The predicted molar refractivity (Wildman–Crippen MR) is 128 cm³/mol. The average molecular weight is 440 g/mol. The summed E-state index contributed by atoms with van der Waals surface area (Å²) in [4.78, 5) is 28.4. The van der Waals surface area contributed by atoms with Crippen LogP contribution in [0.25, 0.3) is 16.5 Å². The lowest BCUT2D eigenvalue weighted by atomic mass is 9.97. The zero-order valence-corrected chi connectivity index (χ0v) is 18.3. The van der Waals surface area contributed by atoms with Crippen LogP contribution >= 0.6 is 0 Å². The van der Waals surface area contributed by atoms with Gasteiger partial charge in [0.1, 0.15) is 5.75 Å². The van der Waals surface area contributed by atoms with Crippen molar-refractivity contribution >= 4 is 16.7 Å². The molecule has 1 aromatic heterocycles. The Balaban J connectivity index is 1.37. The Kier molecular flexibility index (Phi) is 5.89. The number of carbonyl (C=O) groups is 1. The van der Waals surface area contributed by atoms with Gasteiger partial charge in [-0.05, 0) is 49.1 Å². The molecule has 5 rings (SSSR count). The van der Waals surface area contributed by atoms with Crippen molar-refractivity contribution in [3.63, 3.8) is 0 Å². The van der Waals surface area contributed by atoms with Crippen molar-refractivity contribution in [1.29, 1.82) is 0 Å². The summed E-state index contributed by atoms with van der Waals surface area (Å²) in [6.45, 7) is 1.93. The highest BCUT2D eigenvalue weighted by Gasteiger charge is 2.27. The minimum atomic E-state index is -0.231. The minimum Gasteiger partial charge on any atom is -0.493 e. The van der Waals surface area contributed by atoms with Gasteiger partial charge in [-0.2, -0.15) is 9.78 Å². The molecule has 0 spiro atoms. The van der Waals surface area contributed by atoms with E-state index in [9.17, 15) is 9.59 Å². The first-order valence-electron chi connectivity index (χ1n) is 11.3. The van der Waals surface area contributed by atoms with Gasteiger partial charge in [0.15, 0.2) is 5.69 Å². The summed E-state index contributed by atoms with van der Waals surface area (Å²) in [6.07, 6.45) is 1.74. The number of aromatic nitrogens is 2. The molecule has 6 heteroatoms. The van der Waals surface area contributed by atoms with Gasteiger partial charge < -0.3 is 9.64 Å². The number of para-hydroxylation sites is 2. The van der Waals surface area contributed by atoms with Crippen LogP contribution in [0.2, 0.25) is 0 Å². The van der Waals surface area contributed by atoms with E-state index in [0.717, 1.165) is 18.6 Å². The smallest absolute Gasteiger partial charge is 0.279 e. The fraction of sp³-hybridized carbons (Fsp3) is 0.222. The average Bonchev–Trinajstić information content (AvgIpc) is 2.89. The highest BCUT2D eigenvalue weighted by molar-refractivity contribution is 6.04. The molecule has 0 atom stereocenters. The largest absolute Gasteiger partial charge is 0.493 e. The number of likely N-dealkylation sites (tertiary alicyclic amines) is 1. The number of benzene rings is 3. The Hall–Kier alpha value is -3.93.